The van der Waals surface area contributed by atoms with Gasteiger partial charge in [0.05, 0.1) is 6.10 Å². The highest BCUT2D eigenvalue weighted by atomic mass is 32.1. The fraction of sp³-hybridized carbons (Fsp3) is 0.857. The van der Waals surface area contributed by atoms with E-state index < -0.39 is 6.10 Å². The number of β-amino-alcohol motifs (C(OH)–C–C–N with tert-alkyl or cyclic N) is 1. The molecule has 1 aliphatic heterocycles. The van der Waals surface area contributed by atoms with Gasteiger partial charge in [-0.2, -0.15) is 12.6 Å². The molecular formula is C7H13NO2S. The molecule has 1 N–H and O–H groups in total. The van der Waals surface area contributed by atoms with Gasteiger partial charge >= 0.3 is 0 Å². The molecule has 0 saturated carbocycles. The third-order valence-corrected chi connectivity index (χ3v) is 2.02. The van der Waals surface area contributed by atoms with Crippen molar-refractivity contribution in [2.75, 3.05) is 13.1 Å². The van der Waals surface area contributed by atoms with E-state index in [4.69, 9.17) is 5.11 Å². The van der Waals surface area contributed by atoms with Crippen molar-refractivity contribution in [2.45, 2.75) is 24.7 Å². The minimum atomic E-state index is -0.433. The summed E-state index contributed by atoms with van der Waals surface area (Å²) in [4.78, 5) is 12.7. The predicted molar refractivity (Wildman–Crippen MR) is 45.7 cm³/mol. The third-order valence-electron chi connectivity index (χ3n) is 1.68. The van der Waals surface area contributed by atoms with E-state index in [0.29, 0.717) is 19.5 Å². The van der Waals surface area contributed by atoms with Crippen LogP contribution in [0.5, 0.6) is 0 Å². The number of thiol groups is 1. The largest absolute Gasteiger partial charge is 0.392 e. The minimum absolute atomic E-state index is 0.103. The molecule has 0 radical (unpaired) electrons. The van der Waals surface area contributed by atoms with Gasteiger partial charge < -0.3 is 10.0 Å². The summed E-state index contributed by atoms with van der Waals surface area (Å²) in [5.74, 6) is 0.103. The molecule has 1 rings (SSSR count). The van der Waals surface area contributed by atoms with E-state index in [-0.39, 0.29) is 11.2 Å². The van der Waals surface area contributed by atoms with Crippen LogP contribution in [0.25, 0.3) is 0 Å². The Morgan fingerprint density at radius 1 is 1.91 bits per heavy atom. The highest BCUT2D eigenvalue weighted by Crippen LogP contribution is 2.15. The summed E-state index contributed by atoms with van der Waals surface area (Å²) >= 11 is 4.19. The van der Waals surface area contributed by atoms with Crippen molar-refractivity contribution in [2.24, 2.45) is 0 Å². The van der Waals surface area contributed by atoms with Crippen LogP contribution in [0.4, 0.5) is 0 Å². The summed E-state index contributed by atoms with van der Waals surface area (Å²) in [5, 5.41) is 9.15. The van der Waals surface area contributed by atoms with Crippen molar-refractivity contribution in [1.29, 1.82) is 0 Å². The Morgan fingerprint density at radius 3 is 2.91 bits per heavy atom. The number of carbonyl (C=O) groups excluding carboxylic acids is 1. The second-order valence-electron chi connectivity index (χ2n) is 3.01. The van der Waals surface area contributed by atoms with Crippen molar-refractivity contribution in [3.8, 4) is 0 Å². The van der Waals surface area contributed by atoms with Gasteiger partial charge in [-0.05, 0) is 6.92 Å². The Labute approximate surface area is 71.8 Å². The molecule has 0 aromatic carbocycles. The van der Waals surface area contributed by atoms with Gasteiger partial charge in [0.2, 0.25) is 5.91 Å². The quantitative estimate of drug-likeness (QED) is 0.575. The molecule has 1 aliphatic rings. The van der Waals surface area contributed by atoms with Gasteiger partial charge in [-0.25, -0.2) is 0 Å². The SMILES string of the molecule is CC(O)CN1CC(S)CC1=O. The van der Waals surface area contributed by atoms with E-state index in [2.05, 4.69) is 12.6 Å². The van der Waals surface area contributed by atoms with Crippen LogP contribution in [-0.2, 0) is 4.79 Å². The zero-order valence-electron chi connectivity index (χ0n) is 6.53. The first-order valence-electron chi connectivity index (χ1n) is 3.73. The number of amides is 1. The number of hydrogen-bond donors (Lipinski definition) is 2. The average molecular weight is 175 g/mol. The lowest BCUT2D eigenvalue weighted by Crippen LogP contribution is -2.32. The molecule has 0 spiro atoms. The van der Waals surface area contributed by atoms with Crippen LogP contribution in [0.15, 0.2) is 0 Å². The number of carbonyl (C=O) groups is 1. The Kier molecular flexibility index (Phi) is 2.78. The third kappa shape index (κ3) is 2.38. The van der Waals surface area contributed by atoms with Crippen molar-refractivity contribution >= 4 is 18.5 Å². The van der Waals surface area contributed by atoms with Crippen LogP contribution in [0, 0.1) is 0 Å². The number of aliphatic hydroxyl groups is 1. The molecule has 1 heterocycles. The zero-order chi connectivity index (χ0) is 8.43. The maximum Gasteiger partial charge on any atom is 0.223 e. The first-order valence-corrected chi connectivity index (χ1v) is 4.25. The predicted octanol–water partition coefficient (Wildman–Crippen LogP) is -0.102. The van der Waals surface area contributed by atoms with Crippen LogP contribution in [0.1, 0.15) is 13.3 Å². The Balaban J connectivity index is 2.41. The zero-order valence-corrected chi connectivity index (χ0v) is 7.42. The lowest BCUT2D eigenvalue weighted by Gasteiger charge is -2.17. The van der Waals surface area contributed by atoms with E-state index in [1.807, 2.05) is 0 Å². The van der Waals surface area contributed by atoms with Crippen LogP contribution in [-0.4, -0.2) is 40.4 Å². The fourth-order valence-corrected chi connectivity index (χ4v) is 1.60. The summed E-state index contributed by atoms with van der Waals surface area (Å²) in [7, 11) is 0. The summed E-state index contributed by atoms with van der Waals surface area (Å²) in [6.45, 7) is 2.79. The van der Waals surface area contributed by atoms with Gasteiger partial charge in [-0.15, -0.1) is 0 Å². The van der Waals surface area contributed by atoms with Crippen LogP contribution >= 0.6 is 12.6 Å². The molecule has 11 heavy (non-hydrogen) atoms. The molecule has 1 saturated heterocycles. The van der Waals surface area contributed by atoms with Crippen LogP contribution in [0.3, 0.4) is 0 Å². The number of rotatable bonds is 2. The number of aliphatic hydroxyl groups excluding tert-OH is 1. The molecule has 4 heteroatoms. The summed E-state index contributed by atoms with van der Waals surface area (Å²) in [6.07, 6.45) is 0.0770. The maximum atomic E-state index is 11.1. The molecule has 1 fully saturated rings. The molecule has 0 aromatic rings. The topological polar surface area (TPSA) is 40.5 Å². The summed E-state index contributed by atoms with van der Waals surface area (Å²) < 4.78 is 0. The van der Waals surface area contributed by atoms with Crippen LogP contribution in [0.2, 0.25) is 0 Å². The first-order chi connectivity index (χ1) is 5.09. The molecular weight excluding hydrogens is 162 g/mol. The van der Waals surface area contributed by atoms with E-state index in [0.717, 1.165) is 0 Å². The highest BCUT2D eigenvalue weighted by Gasteiger charge is 2.27. The van der Waals surface area contributed by atoms with Gasteiger partial charge in [-0.1, -0.05) is 0 Å². The van der Waals surface area contributed by atoms with Crippen molar-refractivity contribution in [1.82, 2.24) is 4.90 Å². The molecule has 64 valence electrons. The smallest absolute Gasteiger partial charge is 0.223 e. The summed E-state index contributed by atoms with van der Waals surface area (Å²) in [6, 6.07) is 0. The molecule has 3 nitrogen and oxygen atoms in total. The maximum absolute atomic E-state index is 11.1. The van der Waals surface area contributed by atoms with Crippen molar-refractivity contribution < 1.29 is 9.90 Å². The van der Waals surface area contributed by atoms with Crippen molar-refractivity contribution in [3.63, 3.8) is 0 Å². The van der Waals surface area contributed by atoms with Crippen LogP contribution < -0.4 is 0 Å². The van der Waals surface area contributed by atoms with Gasteiger partial charge in [-0.3, -0.25) is 4.79 Å². The van der Waals surface area contributed by atoms with E-state index in [9.17, 15) is 4.79 Å². The molecule has 2 unspecified atom stereocenters. The number of likely N-dealkylation sites (tertiary alicyclic amines) is 1. The average Bonchev–Trinajstić information content (AvgIpc) is 2.09. The normalized spacial score (nSPS) is 27.7. The highest BCUT2D eigenvalue weighted by molar-refractivity contribution is 7.81. The van der Waals surface area contributed by atoms with Gasteiger partial charge in [0.25, 0.3) is 0 Å². The van der Waals surface area contributed by atoms with Crippen molar-refractivity contribution in [3.05, 3.63) is 0 Å². The Hall–Kier alpha value is -0.220. The lowest BCUT2D eigenvalue weighted by atomic mass is 10.4. The Bertz CT molecular complexity index is 161. The fourth-order valence-electron chi connectivity index (χ4n) is 1.25. The van der Waals surface area contributed by atoms with E-state index in [1.165, 1.54) is 0 Å². The monoisotopic (exact) mass is 175 g/mol. The standard InChI is InChI=1S/C7H13NO2S/c1-5(9)3-8-4-6(11)2-7(8)10/h5-6,9,11H,2-4H2,1H3. The number of nitrogens with zero attached hydrogens (tertiary/aromatic N) is 1. The minimum Gasteiger partial charge on any atom is -0.392 e. The molecule has 0 bridgehead atoms. The molecule has 0 aromatic heterocycles. The lowest BCUT2D eigenvalue weighted by molar-refractivity contribution is -0.128. The molecule has 1 amide bonds. The van der Waals surface area contributed by atoms with Gasteiger partial charge in [0.1, 0.15) is 0 Å². The second kappa shape index (κ2) is 3.45. The molecule has 2 atom stereocenters. The Morgan fingerprint density at radius 2 is 2.55 bits per heavy atom. The van der Waals surface area contributed by atoms with Gasteiger partial charge in [0.15, 0.2) is 0 Å². The number of hydrogen-bond acceptors (Lipinski definition) is 3. The second-order valence-corrected chi connectivity index (χ2v) is 3.74. The van der Waals surface area contributed by atoms with Gasteiger partial charge in [0, 0.05) is 24.8 Å². The molecule has 0 aliphatic carbocycles. The first kappa shape index (κ1) is 8.87. The van der Waals surface area contributed by atoms with E-state index >= 15 is 0 Å². The summed E-state index contributed by atoms with van der Waals surface area (Å²) in [5.41, 5.74) is 0. The van der Waals surface area contributed by atoms with E-state index in [1.54, 1.807) is 11.8 Å².